The minimum atomic E-state index is 0.345. The van der Waals surface area contributed by atoms with Crippen LogP contribution in [-0.4, -0.2) is 28.0 Å². The molecule has 19 heavy (non-hydrogen) atoms. The lowest BCUT2D eigenvalue weighted by Crippen LogP contribution is -2.16. The van der Waals surface area contributed by atoms with E-state index < -0.39 is 0 Å². The van der Waals surface area contributed by atoms with Crippen molar-refractivity contribution < 1.29 is 0 Å². The summed E-state index contributed by atoms with van der Waals surface area (Å²) < 4.78 is 0. The van der Waals surface area contributed by atoms with Crippen LogP contribution < -0.4 is 10.6 Å². The second-order valence-electron chi connectivity index (χ2n) is 4.40. The topological polar surface area (TPSA) is 62.7 Å². The number of hydrogen-bond donors (Lipinski definition) is 2. The van der Waals surface area contributed by atoms with Crippen molar-refractivity contribution in [3.63, 3.8) is 0 Å². The summed E-state index contributed by atoms with van der Waals surface area (Å²) in [4.78, 5) is 13.0. The summed E-state index contributed by atoms with van der Waals surface area (Å²) in [7, 11) is 1.85. The van der Waals surface area contributed by atoms with Crippen LogP contribution in [0, 0.1) is 0 Å². The van der Waals surface area contributed by atoms with Crippen LogP contribution in [0.15, 0.2) is 30.6 Å². The van der Waals surface area contributed by atoms with Gasteiger partial charge in [0.1, 0.15) is 5.82 Å². The number of hydrogen-bond acceptors (Lipinski definition) is 5. The smallest absolute Gasteiger partial charge is 0.225 e. The van der Waals surface area contributed by atoms with Crippen molar-refractivity contribution >= 4 is 11.8 Å². The normalized spacial score (nSPS) is 11.9. The van der Waals surface area contributed by atoms with Crippen molar-refractivity contribution in [3.8, 4) is 11.3 Å². The fraction of sp³-hybridized carbons (Fsp3) is 0.357. The molecule has 5 nitrogen and oxygen atoms in total. The number of nitrogens with zero attached hydrogens (tertiary/aromatic N) is 3. The third-order valence-corrected chi connectivity index (χ3v) is 2.95. The Bertz CT molecular complexity index is 527. The fourth-order valence-electron chi connectivity index (χ4n) is 1.63. The summed E-state index contributed by atoms with van der Waals surface area (Å²) in [6.07, 6.45) is 4.55. The predicted molar refractivity (Wildman–Crippen MR) is 78.2 cm³/mol. The van der Waals surface area contributed by atoms with E-state index in [2.05, 4.69) is 39.4 Å². The van der Waals surface area contributed by atoms with Crippen LogP contribution in [0.25, 0.3) is 11.3 Å². The third kappa shape index (κ3) is 3.40. The highest BCUT2D eigenvalue weighted by Crippen LogP contribution is 2.20. The molecular formula is C14H19N5. The standard InChI is InChI=1S/C14H19N5/c1-4-10(2)17-14-18-12(9-13(15-3)19-14)11-5-7-16-8-6-11/h5-10H,4H2,1-3H3,(H2,15,17,18,19)/t10-/m1/s1. The zero-order chi connectivity index (χ0) is 13.7. The summed E-state index contributed by atoms with van der Waals surface area (Å²) in [5.74, 6) is 1.45. The first-order valence-electron chi connectivity index (χ1n) is 6.46. The molecule has 0 aromatic carbocycles. The van der Waals surface area contributed by atoms with E-state index in [-0.39, 0.29) is 0 Å². The number of nitrogens with one attached hydrogen (secondary N) is 2. The first-order valence-corrected chi connectivity index (χ1v) is 6.46. The van der Waals surface area contributed by atoms with Gasteiger partial charge in [0.25, 0.3) is 0 Å². The molecule has 1 atom stereocenters. The van der Waals surface area contributed by atoms with Crippen molar-refractivity contribution in [2.45, 2.75) is 26.3 Å². The summed E-state index contributed by atoms with van der Waals surface area (Å²) >= 11 is 0. The zero-order valence-corrected chi connectivity index (χ0v) is 11.5. The van der Waals surface area contributed by atoms with Crippen molar-refractivity contribution in [2.75, 3.05) is 17.7 Å². The Morgan fingerprint density at radius 3 is 2.58 bits per heavy atom. The van der Waals surface area contributed by atoms with Crippen molar-refractivity contribution in [2.24, 2.45) is 0 Å². The zero-order valence-electron chi connectivity index (χ0n) is 11.5. The molecule has 0 aliphatic carbocycles. The van der Waals surface area contributed by atoms with Gasteiger partial charge >= 0.3 is 0 Å². The molecule has 0 aliphatic heterocycles. The quantitative estimate of drug-likeness (QED) is 0.862. The maximum atomic E-state index is 4.55. The lowest BCUT2D eigenvalue weighted by atomic mass is 10.2. The number of pyridine rings is 1. The van der Waals surface area contributed by atoms with Crippen LogP contribution in [-0.2, 0) is 0 Å². The molecule has 0 amide bonds. The van der Waals surface area contributed by atoms with Crippen LogP contribution in [0.4, 0.5) is 11.8 Å². The molecule has 0 fully saturated rings. The first kappa shape index (κ1) is 13.3. The van der Waals surface area contributed by atoms with Crippen molar-refractivity contribution in [3.05, 3.63) is 30.6 Å². The lowest BCUT2D eigenvalue weighted by molar-refractivity contribution is 0.753. The molecule has 0 saturated heterocycles. The highest BCUT2D eigenvalue weighted by Gasteiger charge is 2.07. The highest BCUT2D eigenvalue weighted by atomic mass is 15.1. The van der Waals surface area contributed by atoms with Crippen molar-refractivity contribution in [1.29, 1.82) is 0 Å². The molecule has 0 radical (unpaired) electrons. The molecule has 2 heterocycles. The Labute approximate surface area is 113 Å². The lowest BCUT2D eigenvalue weighted by Gasteiger charge is -2.13. The minimum Gasteiger partial charge on any atom is -0.373 e. The largest absolute Gasteiger partial charge is 0.373 e. The summed E-state index contributed by atoms with van der Waals surface area (Å²) in [5, 5.41) is 6.36. The number of rotatable bonds is 5. The summed E-state index contributed by atoms with van der Waals surface area (Å²) in [6, 6.07) is 6.15. The Hall–Kier alpha value is -2.17. The molecule has 2 aromatic rings. The molecule has 100 valence electrons. The maximum Gasteiger partial charge on any atom is 0.225 e. The van der Waals surface area contributed by atoms with E-state index in [9.17, 15) is 0 Å². The molecule has 0 spiro atoms. The maximum absolute atomic E-state index is 4.55. The van der Waals surface area contributed by atoms with Crippen molar-refractivity contribution in [1.82, 2.24) is 15.0 Å². The molecule has 2 rings (SSSR count). The fourth-order valence-corrected chi connectivity index (χ4v) is 1.63. The SMILES string of the molecule is CC[C@@H](C)Nc1nc(NC)cc(-c2ccncc2)n1. The molecular weight excluding hydrogens is 238 g/mol. The van der Waals surface area contributed by atoms with Crippen LogP contribution in [0.2, 0.25) is 0 Å². The monoisotopic (exact) mass is 257 g/mol. The second kappa shape index (κ2) is 6.13. The van der Waals surface area contributed by atoms with Gasteiger partial charge in [-0.2, -0.15) is 4.98 Å². The molecule has 2 N–H and O–H groups in total. The average molecular weight is 257 g/mol. The van der Waals surface area contributed by atoms with Gasteiger partial charge in [-0.25, -0.2) is 4.98 Å². The van der Waals surface area contributed by atoms with E-state index in [0.29, 0.717) is 12.0 Å². The molecule has 0 saturated carbocycles. The number of anilines is 2. The molecule has 0 aliphatic rings. The predicted octanol–water partition coefficient (Wildman–Crippen LogP) is 2.79. The third-order valence-electron chi connectivity index (χ3n) is 2.95. The van der Waals surface area contributed by atoms with E-state index in [4.69, 9.17) is 0 Å². The van der Waals surface area contributed by atoms with E-state index in [1.165, 1.54) is 0 Å². The Morgan fingerprint density at radius 1 is 1.21 bits per heavy atom. The van der Waals surface area contributed by atoms with E-state index >= 15 is 0 Å². The van der Waals surface area contributed by atoms with Gasteiger partial charge in [0.2, 0.25) is 5.95 Å². The molecule has 0 unspecified atom stereocenters. The minimum absolute atomic E-state index is 0.345. The van der Waals surface area contributed by atoms with Crippen LogP contribution >= 0.6 is 0 Å². The van der Waals surface area contributed by atoms with Crippen LogP contribution in [0.5, 0.6) is 0 Å². The summed E-state index contributed by atoms with van der Waals surface area (Å²) in [5.41, 5.74) is 1.91. The van der Waals surface area contributed by atoms with Gasteiger partial charge in [0.05, 0.1) is 5.69 Å². The Morgan fingerprint density at radius 2 is 1.95 bits per heavy atom. The van der Waals surface area contributed by atoms with Gasteiger partial charge in [-0.1, -0.05) is 6.92 Å². The second-order valence-corrected chi connectivity index (χ2v) is 4.40. The van der Waals surface area contributed by atoms with Gasteiger partial charge < -0.3 is 10.6 Å². The Balaban J connectivity index is 2.36. The number of aromatic nitrogens is 3. The van der Waals surface area contributed by atoms with Gasteiger partial charge in [0, 0.05) is 37.1 Å². The average Bonchev–Trinajstić information content (AvgIpc) is 2.47. The molecule has 0 bridgehead atoms. The van der Waals surface area contributed by atoms with E-state index in [1.807, 2.05) is 25.2 Å². The van der Waals surface area contributed by atoms with Crippen LogP contribution in [0.1, 0.15) is 20.3 Å². The first-order chi connectivity index (χ1) is 9.22. The van der Waals surface area contributed by atoms with E-state index in [0.717, 1.165) is 23.5 Å². The molecule has 2 aromatic heterocycles. The summed E-state index contributed by atoms with van der Waals surface area (Å²) in [6.45, 7) is 4.24. The van der Waals surface area contributed by atoms with Gasteiger partial charge in [0.15, 0.2) is 0 Å². The molecule has 5 heteroatoms. The van der Waals surface area contributed by atoms with Gasteiger partial charge in [-0.3, -0.25) is 4.98 Å². The highest BCUT2D eigenvalue weighted by molar-refractivity contribution is 5.63. The van der Waals surface area contributed by atoms with Gasteiger partial charge in [-0.05, 0) is 25.5 Å². The van der Waals surface area contributed by atoms with Crippen LogP contribution in [0.3, 0.4) is 0 Å². The van der Waals surface area contributed by atoms with E-state index in [1.54, 1.807) is 12.4 Å². The Kier molecular flexibility index (Phi) is 4.28. The van der Waals surface area contributed by atoms with Gasteiger partial charge in [-0.15, -0.1) is 0 Å².